The number of ether oxygens (including phenoxy) is 2. The molecule has 2 aromatic carbocycles. The van der Waals surface area contributed by atoms with Gasteiger partial charge in [0.25, 0.3) is 5.69 Å². The molecule has 0 unspecified atom stereocenters. The number of nitrogens with one attached hydrogen (secondary N) is 1. The molecular formula is C20H25N3O6S. The summed E-state index contributed by atoms with van der Waals surface area (Å²) >= 11 is 0. The van der Waals surface area contributed by atoms with Gasteiger partial charge in [-0.15, -0.1) is 0 Å². The van der Waals surface area contributed by atoms with Crippen LogP contribution in [0.2, 0.25) is 0 Å². The Morgan fingerprint density at radius 1 is 1.13 bits per heavy atom. The Morgan fingerprint density at radius 2 is 1.87 bits per heavy atom. The molecule has 10 heteroatoms. The van der Waals surface area contributed by atoms with Gasteiger partial charge in [-0.05, 0) is 24.1 Å². The Morgan fingerprint density at radius 3 is 2.57 bits per heavy atom. The molecule has 1 heterocycles. The van der Waals surface area contributed by atoms with Crippen molar-refractivity contribution in [3.63, 3.8) is 0 Å². The van der Waals surface area contributed by atoms with Crippen LogP contribution in [0.25, 0.3) is 0 Å². The number of nitro benzene ring substituents is 1. The number of hydrogen-bond acceptors (Lipinski definition) is 7. The highest BCUT2D eigenvalue weighted by atomic mass is 32.2. The zero-order chi connectivity index (χ0) is 21.4. The zero-order valence-electron chi connectivity index (χ0n) is 16.5. The average molecular weight is 436 g/mol. The molecule has 0 atom stereocenters. The maximum atomic E-state index is 12.7. The number of anilines is 1. The molecule has 3 rings (SSSR count). The van der Waals surface area contributed by atoms with Crippen LogP contribution in [0.15, 0.2) is 53.4 Å². The van der Waals surface area contributed by atoms with Gasteiger partial charge in [-0.3, -0.25) is 10.1 Å². The molecule has 0 amide bonds. The maximum Gasteiger partial charge on any atom is 0.293 e. The molecule has 1 aliphatic heterocycles. The van der Waals surface area contributed by atoms with Gasteiger partial charge in [-0.25, -0.2) is 8.42 Å². The SMILES string of the molecule is O=[N+]([O-])c1cc(S(=O)(=O)N2CCOCC2)ccc1NCCCOCc1ccccc1. The number of benzene rings is 2. The highest BCUT2D eigenvalue weighted by molar-refractivity contribution is 7.89. The highest BCUT2D eigenvalue weighted by Gasteiger charge is 2.28. The van der Waals surface area contributed by atoms with Gasteiger partial charge in [0.2, 0.25) is 10.0 Å². The first-order chi connectivity index (χ1) is 14.5. The Hall–Kier alpha value is -2.53. The Labute approximate surface area is 175 Å². The number of sulfonamides is 1. The predicted molar refractivity (Wildman–Crippen MR) is 112 cm³/mol. The van der Waals surface area contributed by atoms with Crippen LogP contribution in [0.3, 0.4) is 0 Å². The number of morpholine rings is 1. The normalized spacial score (nSPS) is 15.1. The smallest absolute Gasteiger partial charge is 0.293 e. The molecule has 0 radical (unpaired) electrons. The highest BCUT2D eigenvalue weighted by Crippen LogP contribution is 2.29. The van der Waals surface area contributed by atoms with E-state index in [0.29, 0.717) is 39.4 Å². The minimum Gasteiger partial charge on any atom is -0.379 e. The number of nitro groups is 1. The summed E-state index contributed by atoms with van der Waals surface area (Å²) in [5.41, 5.74) is 1.09. The fraction of sp³-hybridized carbons (Fsp3) is 0.400. The third-order valence-corrected chi connectivity index (χ3v) is 6.56. The first kappa shape index (κ1) is 22.2. The summed E-state index contributed by atoms with van der Waals surface area (Å²) in [6.07, 6.45) is 0.651. The minimum atomic E-state index is -3.79. The maximum absolute atomic E-state index is 12.7. The van der Waals surface area contributed by atoms with Gasteiger partial charge in [0.05, 0.1) is 29.6 Å². The van der Waals surface area contributed by atoms with E-state index in [4.69, 9.17) is 9.47 Å². The van der Waals surface area contributed by atoms with E-state index in [1.807, 2.05) is 30.3 Å². The van der Waals surface area contributed by atoms with E-state index in [2.05, 4.69) is 5.32 Å². The van der Waals surface area contributed by atoms with E-state index in [0.717, 1.165) is 11.6 Å². The second kappa shape index (κ2) is 10.5. The van der Waals surface area contributed by atoms with E-state index in [1.54, 1.807) is 0 Å². The minimum absolute atomic E-state index is 0.0900. The number of nitrogens with zero attached hydrogens (tertiary/aromatic N) is 2. The van der Waals surface area contributed by atoms with Crippen LogP contribution in [0.4, 0.5) is 11.4 Å². The largest absolute Gasteiger partial charge is 0.379 e. The summed E-state index contributed by atoms with van der Waals surface area (Å²) in [5, 5.41) is 14.5. The topological polar surface area (TPSA) is 111 Å². The van der Waals surface area contributed by atoms with Crippen LogP contribution in [-0.4, -0.2) is 57.1 Å². The van der Waals surface area contributed by atoms with Crippen molar-refractivity contribution in [1.29, 1.82) is 0 Å². The summed E-state index contributed by atoms with van der Waals surface area (Å²) in [6.45, 7) is 2.57. The van der Waals surface area contributed by atoms with E-state index in [9.17, 15) is 18.5 Å². The Bertz CT molecular complexity index is 946. The van der Waals surface area contributed by atoms with Gasteiger partial charge in [0.15, 0.2) is 0 Å². The van der Waals surface area contributed by atoms with Crippen molar-refractivity contribution >= 4 is 21.4 Å². The van der Waals surface area contributed by atoms with Crippen LogP contribution in [0, 0.1) is 10.1 Å². The second-order valence-electron chi connectivity index (χ2n) is 6.77. The summed E-state index contributed by atoms with van der Waals surface area (Å²) in [5.74, 6) is 0. The van der Waals surface area contributed by atoms with Gasteiger partial charge in [0.1, 0.15) is 5.69 Å². The van der Waals surface area contributed by atoms with Gasteiger partial charge in [-0.1, -0.05) is 30.3 Å². The molecule has 1 aliphatic rings. The lowest BCUT2D eigenvalue weighted by atomic mass is 10.2. The van der Waals surface area contributed by atoms with Crippen molar-refractivity contribution < 1.29 is 22.8 Å². The van der Waals surface area contributed by atoms with E-state index in [-0.39, 0.29) is 29.4 Å². The molecule has 0 spiro atoms. The standard InChI is InChI=1S/C20H25N3O6S/c24-23(25)20-15-18(30(26,27)22-10-13-28-14-11-22)7-8-19(20)21-9-4-12-29-16-17-5-2-1-3-6-17/h1-3,5-8,15,21H,4,9-14,16H2. The lowest BCUT2D eigenvalue weighted by Gasteiger charge is -2.26. The third kappa shape index (κ3) is 5.76. The Balaban J connectivity index is 1.56. The molecule has 9 nitrogen and oxygen atoms in total. The van der Waals surface area contributed by atoms with Crippen molar-refractivity contribution in [3.05, 3.63) is 64.2 Å². The predicted octanol–water partition coefficient (Wildman–Crippen LogP) is 2.63. The molecule has 1 fully saturated rings. The molecule has 162 valence electrons. The van der Waals surface area contributed by atoms with Crippen LogP contribution in [0.1, 0.15) is 12.0 Å². The first-order valence-electron chi connectivity index (χ1n) is 9.70. The number of hydrogen-bond donors (Lipinski definition) is 1. The molecule has 1 N–H and O–H groups in total. The van der Waals surface area contributed by atoms with Crippen molar-refractivity contribution in [1.82, 2.24) is 4.31 Å². The van der Waals surface area contributed by atoms with Crippen molar-refractivity contribution in [3.8, 4) is 0 Å². The molecule has 0 saturated carbocycles. The van der Waals surface area contributed by atoms with Gasteiger partial charge < -0.3 is 14.8 Å². The van der Waals surface area contributed by atoms with Crippen LogP contribution in [0.5, 0.6) is 0 Å². The van der Waals surface area contributed by atoms with Crippen molar-refractivity contribution in [2.75, 3.05) is 44.8 Å². The van der Waals surface area contributed by atoms with Crippen LogP contribution < -0.4 is 5.32 Å². The fourth-order valence-corrected chi connectivity index (χ4v) is 4.50. The fourth-order valence-electron chi connectivity index (χ4n) is 3.07. The van der Waals surface area contributed by atoms with Gasteiger partial charge in [-0.2, -0.15) is 4.31 Å². The molecule has 1 saturated heterocycles. The summed E-state index contributed by atoms with van der Waals surface area (Å²) in [4.78, 5) is 10.8. The number of rotatable bonds is 10. The molecule has 0 aliphatic carbocycles. The summed E-state index contributed by atoms with van der Waals surface area (Å²) in [7, 11) is -3.79. The average Bonchev–Trinajstić information content (AvgIpc) is 2.77. The van der Waals surface area contributed by atoms with Crippen molar-refractivity contribution in [2.45, 2.75) is 17.9 Å². The van der Waals surface area contributed by atoms with E-state index >= 15 is 0 Å². The lowest BCUT2D eigenvalue weighted by Crippen LogP contribution is -2.40. The quantitative estimate of drug-likeness (QED) is 0.347. The zero-order valence-corrected chi connectivity index (χ0v) is 17.3. The van der Waals surface area contributed by atoms with Crippen molar-refractivity contribution in [2.24, 2.45) is 0 Å². The molecular weight excluding hydrogens is 410 g/mol. The monoisotopic (exact) mass is 435 g/mol. The molecule has 0 bridgehead atoms. The first-order valence-corrected chi connectivity index (χ1v) is 11.1. The summed E-state index contributed by atoms with van der Waals surface area (Å²) < 4.78 is 37.5. The molecule has 2 aromatic rings. The van der Waals surface area contributed by atoms with E-state index < -0.39 is 14.9 Å². The third-order valence-electron chi connectivity index (χ3n) is 4.67. The van der Waals surface area contributed by atoms with E-state index in [1.165, 1.54) is 16.4 Å². The van der Waals surface area contributed by atoms with Gasteiger partial charge in [0, 0.05) is 32.3 Å². The molecule has 30 heavy (non-hydrogen) atoms. The lowest BCUT2D eigenvalue weighted by molar-refractivity contribution is -0.384. The van der Waals surface area contributed by atoms with Crippen LogP contribution in [-0.2, 0) is 26.1 Å². The summed E-state index contributed by atoms with van der Waals surface area (Å²) in [6, 6.07) is 13.7. The second-order valence-corrected chi connectivity index (χ2v) is 8.71. The van der Waals surface area contributed by atoms with Crippen LogP contribution >= 0.6 is 0 Å². The van der Waals surface area contributed by atoms with Gasteiger partial charge >= 0.3 is 0 Å². The Kier molecular flexibility index (Phi) is 7.75. The molecule has 0 aromatic heterocycles.